The van der Waals surface area contributed by atoms with E-state index in [1.165, 1.54) is 7.11 Å². The lowest BCUT2D eigenvalue weighted by atomic mass is 9.70. The van der Waals surface area contributed by atoms with Crippen molar-refractivity contribution >= 4 is 5.97 Å². The van der Waals surface area contributed by atoms with Crippen LogP contribution >= 0.6 is 0 Å². The average molecular weight is 466 g/mol. The first-order chi connectivity index (χ1) is 15.1. The number of carbonyl (C=O) groups is 1. The Kier molecular flexibility index (Phi) is 8.14. The first-order valence-electron chi connectivity index (χ1n) is 10.7. The summed E-state index contributed by atoms with van der Waals surface area (Å²) in [6.45, 7) is 1.80. The van der Waals surface area contributed by atoms with Gasteiger partial charge in [-0.15, -0.1) is 0 Å². The monoisotopic (exact) mass is 466 g/mol. The Bertz CT molecular complexity index is 648. The molecule has 4 unspecified atom stereocenters. The Morgan fingerprint density at radius 2 is 1.94 bits per heavy atom. The van der Waals surface area contributed by atoms with Crippen molar-refractivity contribution in [3.63, 3.8) is 0 Å². The molecule has 3 rings (SSSR count). The maximum atomic E-state index is 12.7. The van der Waals surface area contributed by atoms with E-state index in [1.54, 1.807) is 13.8 Å². The fraction of sp³-hybridized carbons (Fsp3) is 0.950. The summed E-state index contributed by atoms with van der Waals surface area (Å²) in [6.07, 6.45) is -9.30. The summed E-state index contributed by atoms with van der Waals surface area (Å²) in [6, 6.07) is 0. The van der Waals surface area contributed by atoms with E-state index < -0.39 is 91.6 Å². The maximum absolute atomic E-state index is 12.7. The second kappa shape index (κ2) is 10.1. The van der Waals surface area contributed by atoms with Crippen LogP contribution in [0.1, 0.15) is 20.3 Å². The number of methoxy groups -OCH3 is 1. The molecule has 32 heavy (non-hydrogen) atoms. The quantitative estimate of drug-likeness (QED) is 0.235. The molecule has 12 atom stereocenters. The minimum absolute atomic E-state index is 0.338. The summed E-state index contributed by atoms with van der Waals surface area (Å²) in [7, 11) is 1.35. The second-order valence-corrected chi connectivity index (χ2v) is 8.88. The fourth-order valence-corrected chi connectivity index (χ4v) is 5.11. The number of fused-ring (bicyclic) bond motifs is 1. The number of ether oxygens (including phenoxy) is 5. The van der Waals surface area contributed by atoms with Gasteiger partial charge in [0.25, 0.3) is 0 Å². The van der Waals surface area contributed by atoms with Crippen LogP contribution < -0.4 is 0 Å². The number of aliphatic hydroxyl groups excluding tert-OH is 5. The molecule has 3 heterocycles. The third-order valence-corrected chi connectivity index (χ3v) is 7.12. The topological polar surface area (TPSA) is 185 Å². The Labute approximate surface area is 185 Å². The van der Waals surface area contributed by atoms with Crippen molar-refractivity contribution < 1.29 is 59.1 Å². The molecule has 0 aromatic rings. The predicted molar refractivity (Wildman–Crippen MR) is 104 cm³/mol. The molecule has 0 radical (unpaired) electrons. The van der Waals surface area contributed by atoms with Crippen molar-refractivity contribution in [1.29, 1.82) is 0 Å². The van der Waals surface area contributed by atoms with Crippen LogP contribution in [0.15, 0.2) is 0 Å². The van der Waals surface area contributed by atoms with E-state index in [-0.39, 0.29) is 13.2 Å². The van der Waals surface area contributed by atoms with Gasteiger partial charge in [0.15, 0.2) is 11.9 Å². The van der Waals surface area contributed by atoms with Crippen molar-refractivity contribution in [2.75, 3.05) is 27.1 Å². The normalized spacial score (nSPS) is 46.8. The zero-order chi connectivity index (χ0) is 23.8. The number of carboxylic acids is 1. The number of hydrogen-bond acceptors (Lipinski definition) is 11. The lowest BCUT2D eigenvalue weighted by molar-refractivity contribution is -0.370. The van der Waals surface area contributed by atoms with Crippen molar-refractivity contribution in [1.82, 2.24) is 0 Å². The SMILES string of the molecule is CO[C@@H]1OC(CO)[C@H](O)[C@H]2C1OCOC2[C@]1(C(=O)O)C[C@@H](O)[C@@H](C)C([C@H](C)[C@H](O)CO)O1. The minimum atomic E-state index is -2.11. The first kappa shape index (κ1) is 25.7. The molecular formula is C20H34O12. The summed E-state index contributed by atoms with van der Waals surface area (Å²) in [5, 5.41) is 61.2. The maximum Gasteiger partial charge on any atom is 0.338 e. The van der Waals surface area contributed by atoms with Gasteiger partial charge in [-0.1, -0.05) is 13.8 Å². The Morgan fingerprint density at radius 1 is 1.25 bits per heavy atom. The standard InChI is InChI=1S/C20H34O12/c1-8-10(23)4-20(19(26)27,32-15(8)9(2)11(24)5-21)17-13-14(25)12(6-22)31-18(28-3)16(13)29-7-30-17/h8-18,21-25H,4-7H2,1-3H3,(H,26,27)/t8-,9-,10-,11-,12?,13+,14+,15?,16?,17?,18-,20+/m1/s1. The van der Waals surface area contributed by atoms with Gasteiger partial charge >= 0.3 is 5.97 Å². The third-order valence-electron chi connectivity index (χ3n) is 7.12. The molecule has 0 spiro atoms. The molecule has 0 aromatic heterocycles. The highest BCUT2D eigenvalue weighted by atomic mass is 16.7. The van der Waals surface area contributed by atoms with Crippen LogP contribution in [-0.4, -0.2) is 118 Å². The van der Waals surface area contributed by atoms with Crippen LogP contribution in [0.5, 0.6) is 0 Å². The molecule has 0 amide bonds. The van der Waals surface area contributed by atoms with Crippen LogP contribution in [0.3, 0.4) is 0 Å². The summed E-state index contributed by atoms with van der Waals surface area (Å²) in [4.78, 5) is 12.7. The van der Waals surface area contributed by atoms with Gasteiger partial charge in [0.1, 0.15) is 25.1 Å². The van der Waals surface area contributed by atoms with E-state index in [4.69, 9.17) is 23.7 Å². The van der Waals surface area contributed by atoms with Crippen molar-refractivity contribution in [3.8, 4) is 0 Å². The van der Waals surface area contributed by atoms with Gasteiger partial charge in [-0.3, -0.25) is 0 Å². The molecule has 3 aliphatic heterocycles. The van der Waals surface area contributed by atoms with Crippen molar-refractivity contribution in [2.24, 2.45) is 17.8 Å². The van der Waals surface area contributed by atoms with Crippen LogP contribution in [0, 0.1) is 17.8 Å². The smallest absolute Gasteiger partial charge is 0.338 e. The van der Waals surface area contributed by atoms with E-state index in [1.807, 2.05) is 0 Å². The van der Waals surface area contributed by atoms with Gasteiger partial charge in [-0.2, -0.15) is 0 Å². The lowest BCUT2D eigenvalue weighted by Gasteiger charge is -2.55. The molecular weight excluding hydrogens is 432 g/mol. The number of aliphatic hydroxyl groups is 5. The largest absolute Gasteiger partial charge is 0.479 e. The highest BCUT2D eigenvalue weighted by molar-refractivity contribution is 5.79. The van der Waals surface area contributed by atoms with Crippen molar-refractivity contribution in [2.45, 2.75) is 74.9 Å². The van der Waals surface area contributed by atoms with E-state index in [2.05, 4.69) is 0 Å². The second-order valence-electron chi connectivity index (χ2n) is 8.88. The molecule has 0 bridgehead atoms. The molecule has 6 N–H and O–H groups in total. The highest BCUT2D eigenvalue weighted by Gasteiger charge is 2.64. The molecule has 12 nitrogen and oxygen atoms in total. The highest BCUT2D eigenvalue weighted by Crippen LogP contribution is 2.46. The van der Waals surface area contributed by atoms with Gasteiger partial charge in [0.05, 0.1) is 37.6 Å². The molecule has 3 aliphatic rings. The summed E-state index contributed by atoms with van der Waals surface area (Å²) >= 11 is 0. The van der Waals surface area contributed by atoms with Gasteiger partial charge in [-0.25, -0.2) is 4.79 Å². The zero-order valence-electron chi connectivity index (χ0n) is 18.3. The molecule has 0 aliphatic carbocycles. The third kappa shape index (κ3) is 4.29. The zero-order valence-corrected chi connectivity index (χ0v) is 18.3. The van der Waals surface area contributed by atoms with Crippen LogP contribution in [0.2, 0.25) is 0 Å². The minimum Gasteiger partial charge on any atom is -0.479 e. The Balaban J connectivity index is 2.02. The molecule has 0 aromatic carbocycles. The van der Waals surface area contributed by atoms with Gasteiger partial charge in [0.2, 0.25) is 0 Å². The predicted octanol–water partition coefficient (Wildman–Crippen LogP) is -2.33. The fourth-order valence-electron chi connectivity index (χ4n) is 5.11. The molecule has 186 valence electrons. The van der Waals surface area contributed by atoms with Crippen molar-refractivity contribution in [3.05, 3.63) is 0 Å². The summed E-state index contributed by atoms with van der Waals surface area (Å²) in [5.74, 6) is -3.71. The van der Waals surface area contributed by atoms with E-state index in [0.717, 1.165) is 0 Å². The number of rotatable bonds is 7. The number of carboxylic acid groups (broad SMARTS) is 1. The van der Waals surface area contributed by atoms with E-state index >= 15 is 0 Å². The molecule has 3 fully saturated rings. The Hall–Kier alpha value is -0.930. The first-order valence-corrected chi connectivity index (χ1v) is 10.7. The van der Waals surface area contributed by atoms with Gasteiger partial charge in [-0.05, 0) is 0 Å². The lowest BCUT2D eigenvalue weighted by Crippen LogP contribution is -2.72. The van der Waals surface area contributed by atoms with E-state index in [9.17, 15) is 35.4 Å². The molecule has 12 heteroatoms. The van der Waals surface area contributed by atoms with Gasteiger partial charge in [0, 0.05) is 31.3 Å². The average Bonchev–Trinajstić information content (AvgIpc) is 2.79. The van der Waals surface area contributed by atoms with Crippen LogP contribution in [0.25, 0.3) is 0 Å². The summed E-state index contributed by atoms with van der Waals surface area (Å²) < 4.78 is 28.2. The number of aliphatic carboxylic acids is 1. The van der Waals surface area contributed by atoms with Gasteiger partial charge < -0.3 is 54.3 Å². The Morgan fingerprint density at radius 3 is 2.50 bits per heavy atom. The summed E-state index contributed by atoms with van der Waals surface area (Å²) in [5.41, 5.74) is -2.11. The molecule has 3 saturated heterocycles. The number of hydrogen-bond donors (Lipinski definition) is 6. The van der Waals surface area contributed by atoms with Crippen LogP contribution in [0.4, 0.5) is 0 Å². The molecule has 0 saturated carbocycles. The van der Waals surface area contributed by atoms with Crippen LogP contribution in [-0.2, 0) is 28.5 Å². The van der Waals surface area contributed by atoms with E-state index in [0.29, 0.717) is 0 Å².